The zero-order valence-corrected chi connectivity index (χ0v) is 14.5. The predicted octanol–water partition coefficient (Wildman–Crippen LogP) is 2.39. The van der Waals surface area contributed by atoms with Gasteiger partial charge in [-0.3, -0.25) is 9.78 Å². The van der Waals surface area contributed by atoms with Crippen molar-refractivity contribution in [3.05, 3.63) is 47.1 Å². The van der Waals surface area contributed by atoms with Gasteiger partial charge < -0.3 is 14.4 Å². The molecule has 0 saturated carbocycles. The van der Waals surface area contributed by atoms with Crippen molar-refractivity contribution in [1.82, 2.24) is 14.9 Å². The van der Waals surface area contributed by atoms with E-state index in [2.05, 4.69) is 9.97 Å². The Morgan fingerprint density at radius 3 is 3.12 bits per heavy atom. The molecule has 1 unspecified atom stereocenters. The number of aromatic nitrogens is 2. The molecular formula is C18H19N3O3S. The van der Waals surface area contributed by atoms with Crippen LogP contribution in [0.3, 0.4) is 0 Å². The molecule has 0 aliphatic carbocycles. The van der Waals surface area contributed by atoms with Gasteiger partial charge in [0.2, 0.25) is 11.8 Å². The SMILES string of the molecule is O=C(/C=C/c1cccs1)N1CC2(CC(Oc3cnccn3)CCO2)C1. The number of hydrogen-bond acceptors (Lipinski definition) is 6. The van der Waals surface area contributed by atoms with Crippen LogP contribution in [0.2, 0.25) is 0 Å². The van der Waals surface area contributed by atoms with Crippen molar-refractivity contribution in [1.29, 1.82) is 0 Å². The van der Waals surface area contributed by atoms with Gasteiger partial charge in [-0.2, -0.15) is 0 Å². The molecule has 0 aromatic carbocycles. The summed E-state index contributed by atoms with van der Waals surface area (Å²) in [5, 5.41) is 2.00. The van der Waals surface area contributed by atoms with Gasteiger partial charge in [-0.15, -0.1) is 11.3 Å². The first-order chi connectivity index (χ1) is 12.2. The van der Waals surface area contributed by atoms with Crippen molar-refractivity contribution < 1.29 is 14.3 Å². The van der Waals surface area contributed by atoms with Gasteiger partial charge in [-0.25, -0.2) is 4.98 Å². The second-order valence-electron chi connectivity index (χ2n) is 6.35. The Kier molecular flexibility index (Phi) is 4.50. The van der Waals surface area contributed by atoms with Gasteiger partial charge in [0.15, 0.2) is 0 Å². The zero-order chi connectivity index (χ0) is 17.1. The lowest BCUT2D eigenvalue weighted by Gasteiger charge is -2.52. The number of likely N-dealkylation sites (tertiary alicyclic amines) is 1. The molecule has 0 radical (unpaired) electrons. The number of rotatable bonds is 4. The average Bonchev–Trinajstić information content (AvgIpc) is 3.12. The Balaban J connectivity index is 1.31. The van der Waals surface area contributed by atoms with Gasteiger partial charge in [0.25, 0.3) is 0 Å². The highest BCUT2D eigenvalue weighted by molar-refractivity contribution is 7.10. The summed E-state index contributed by atoms with van der Waals surface area (Å²) in [5.74, 6) is 0.565. The topological polar surface area (TPSA) is 64.6 Å². The van der Waals surface area contributed by atoms with E-state index < -0.39 is 0 Å². The standard InChI is InChI=1S/C18H19N3O3S/c22-17(4-3-15-2-1-9-25-15)21-12-18(13-21)10-14(5-8-23-18)24-16-11-19-6-7-20-16/h1-4,6-7,9,11,14H,5,8,10,12-13H2/b4-3+. The third-order valence-corrected chi connectivity index (χ3v) is 5.32. The fraction of sp³-hybridized carbons (Fsp3) is 0.389. The molecule has 25 heavy (non-hydrogen) atoms. The van der Waals surface area contributed by atoms with E-state index in [0.29, 0.717) is 25.6 Å². The van der Waals surface area contributed by atoms with Crippen LogP contribution in [0, 0.1) is 0 Å². The van der Waals surface area contributed by atoms with Crippen LogP contribution in [0.25, 0.3) is 6.08 Å². The molecule has 4 heterocycles. The van der Waals surface area contributed by atoms with Crippen molar-refractivity contribution in [3.8, 4) is 5.88 Å². The largest absolute Gasteiger partial charge is 0.473 e. The van der Waals surface area contributed by atoms with Crippen LogP contribution in [0.1, 0.15) is 17.7 Å². The monoisotopic (exact) mass is 357 g/mol. The molecule has 1 spiro atoms. The van der Waals surface area contributed by atoms with Crippen LogP contribution in [-0.4, -0.2) is 52.2 Å². The molecule has 7 heteroatoms. The van der Waals surface area contributed by atoms with Gasteiger partial charge in [0.1, 0.15) is 11.7 Å². The molecule has 130 valence electrons. The number of carbonyl (C=O) groups excluding carboxylic acids is 1. The molecule has 2 aromatic rings. The van der Waals surface area contributed by atoms with Crippen LogP contribution >= 0.6 is 11.3 Å². The Hall–Kier alpha value is -2.25. The maximum absolute atomic E-state index is 12.3. The van der Waals surface area contributed by atoms with E-state index in [1.807, 2.05) is 28.5 Å². The molecular weight excluding hydrogens is 338 g/mol. The zero-order valence-electron chi connectivity index (χ0n) is 13.7. The summed E-state index contributed by atoms with van der Waals surface area (Å²) in [7, 11) is 0. The highest BCUT2D eigenvalue weighted by Crippen LogP contribution is 2.35. The van der Waals surface area contributed by atoms with E-state index >= 15 is 0 Å². The Morgan fingerprint density at radius 2 is 2.36 bits per heavy atom. The molecule has 1 atom stereocenters. The number of thiophene rings is 1. The molecule has 0 N–H and O–H groups in total. The number of nitrogens with zero attached hydrogens (tertiary/aromatic N) is 3. The highest BCUT2D eigenvalue weighted by Gasteiger charge is 2.49. The summed E-state index contributed by atoms with van der Waals surface area (Å²) in [6.45, 7) is 1.86. The second-order valence-corrected chi connectivity index (χ2v) is 7.33. The average molecular weight is 357 g/mol. The number of hydrogen-bond donors (Lipinski definition) is 0. The van der Waals surface area contributed by atoms with E-state index in [1.54, 1.807) is 36.0 Å². The molecule has 1 amide bonds. The Morgan fingerprint density at radius 1 is 1.44 bits per heavy atom. The lowest BCUT2D eigenvalue weighted by molar-refractivity contribution is -0.190. The first kappa shape index (κ1) is 16.2. The molecule has 4 rings (SSSR count). The van der Waals surface area contributed by atoms with Gasteiger partial charge in [-0.05, 0) is 17.5 Å². The number of amides is 1. The fourth-order valence-corrected chi connectivity index (χ4v) is 3.89. The lowest BCUT2D eigenvalue weighted by Crippen LogP contribution is -2.67. The number of ether oxygens (including phenoxy) is 2. The maximum Gasteiger partial charge on any atom is 0.246 e. The summed E-state index contributed by atoms with van der Waals surface area (Å²) < 4.78 is 11.9. The maximum atomic E-state index is 12.3. The normalized spacial score (nSPS) is 22.1. The van der Waals surface area contributed by atoms with Gasteiger partial charge in [0.05, 0.1) is 25.9 Å². The van der Waals surface area contributed by atoms with Crippen molar-refractivity contribution in [2.75, 3.05) is 19.7 Å². The van der Waals surface area contributed by atoms with E-state index in [1.165, 1.54) is 0 Å². The first-order valence-corrected chi connectivity index (χ1v) is 9.18. The second kappa shape index (κ2) is 6.93. The minimum atomic E-state index is -0.280. The summed E-state index contributed by atoms with van der Waals surface area (Å²) in [6.07, 6.45) is 9.99. The third-order valence-electron chi connectivity index (χ3n) is 4.48. The summed E-state index contributed by atoms with van der Waals surface area (Å²) in [6, 6.07) is 3.96. The third kappa shape index (κ3) is 3.72. The first-order valence-electron chi connectivity index (χ1n) is 8.30. The van der Waals surface area contributed by atoms with Crippen LogP contribution in [-0.2, 0) is 9.53 Å². The van der Waals surface area contributed by atoms with Crippen molar-refractivity contribution in [2.24, 2.45) is 0 Å². The van der Waals surface area contributed by atoms with E-state index in [0.717, 1.165) is 17.7 Å². The molecule has 6 nitrogen and oxygen atoms in total. The smallest absolute Gasteiger partial charge is 0.246 e. The minimum absolute atomic E-state index is 0.0274. The predicted molar refractivity (Wildman–Crippen MR) is 94.3 cm³/mol. The summed E-state index contributed by atoms with van der Waals surface area (Å²) in [4.78, 5) is 23.3. The minimum Gasteiger partial charge on any atom is -0.473 e. The molecule has 2 aromatic heterocycles. The molecule has 2 aliphatic rings. The van der Waals surface area contributed by atoms with Crippen molar-refractivity contribution in [3.63, 3.8) is 0 Å². The van der Waals surface area contributed by atoms with Gasteiger partial charge in [0, 0.05) is 36.2 Å². The van der Waals surface area contributed by atoms with Gasteiger partial charge >= 0.3 is 0 Å². The Labute approximate surface area is 150 Å². The molecule has 2 saturated heterocycles. The quantitative estimate of drug-likeness (QED) is 0.786. The van der Waals surface area contributed by atoms with Crippen LogP contribution in [0.15, 0.2) is 42.2 Å². The van der Waals surface area contributed by atoms with E-state index in [-0.39, 0.29) is 17.6 Å². The molecule has 0 bridgehead atoms. The van der Waals surface area contributed by atoms with E-state index in [4.69, 9.17) is 9.47 Å². The number of carbonyl (C=O) groups is 1. The summed E-state index contributed by atoms with van der Waals surface area (Å²) in [5.41, 5.74) is -0.280. The van der Waals surface area contributed by atoms with E-state index in [9.17, 15) is 4.79 Å². The molecule has 2 aliphatic heterocycles. The summed E-state index contributed by atoms with van der Waals surface area (Å²) >= 11 is 1.62. The van der Waals surface area contributed by atoms with Gasteiger partial charge in [-0.1, -0.05) is 6.07 Å². The van der Waals surface area contributed by atoms with Crippen molar-refractivity contribution in [2.45, 2.75) is 24.5 Å². The highest BCUT2D eigenvalue weighted by atomic mass is 32.1. The Bertz CT molecular complexity index is 742. The van der Waals surface area contributed by atoms with Crippen LogP contribution in [0.5, 0.6) is 5.88 Å². The van der Waals surface area contributed by atoms with Crippen molar-refractivity contribution >= 4 is 23.3 Å². The van der Waals surface area contributed by atoms with Crippen LogP contribution in [0.4, 0.5) is 0 Å². The fourth-order valence-electron chi connectivity index (χ4n) is 3.27. The molecule has 2 fully saturated rings. The van der Waals surface area contributed by atoms with Crippen LogP contribution < -0.4 is 4.74 Å². The lowest BCUT2D eigenvalue weighted by atomic mass is 9.84.